The van der Waals surface area contributed by atoms with Gasteiger partial charge in [-0.2, -0.15) is 0 Å². The Balaban J connectivity index is 0. The molecule has 0 aliphatic carbocycles. The molecule has 0 aliphatic heterocycles. The fourth-order valence-corrected chi connectivity index (χ4v) is 3.98. The molecule has 0 spiro atoms. The van der Waals surface area contributed by atoms with Gasteiger partial charge >= 0.3 is 34.6 Å². The maximum atomic E-state index is 2.44. The van der Waals surface area contributed by atoms with Crippen molar-refractivity contribution in [3.63, 3.8) is 0 Å². The summed E-state index contributed by atoms with van der Waals surface area (Å²) in [5, 5.41) is 0. The Morgan fingerprint density at radius 3 is 0.960 bits per heavy atom. The molecular formula is C23H52SiSn. The average Bonchev–Trinajstić information content (AvgIpc) is 2.53. The normalized spacial score (nSPS) is 11.0. The third-order valence-electron chi connectivity index (χ3n) is 4.53. The zero-order chi connectivity index (χ0) is 19.2. The Bertz CT molecular complexity index is 213. The van der Waals surface area contributed by atoms with Gasteiger partial charge in [0.15, 0.2) is 0 Å². The molecule has 0 bridgehead atoms. The first-order chi connectivity index (χ1) is 12.0. The van der Waals surface area contributed by atoms with Crippen molar-refractivity contribution in [2.75, 3.05) is 0 Å². The van der Waals surface area contributed by atoms with Crippen LogP contribution in [0, 0.1) is 0 Å². The molecule has 2 radical (unpaired) electrons. The van der Waals surface area contributed by atoms with E-state index in [1.165, 1.54) is 109 Å². The van der Waals surface area contributed by atoms with Crippen LogP contribution in [0.2, 0.25) is 34.0 Å². The minimum absolute atomic E-state index is 0.0467. The predicted octanol–water partition coefficient (Wildman–Crippen LogP) is 9.37. The third-order valence-corrected chi connectivity index (χ3v) is 5.88. The van der Waals surface area contributed by atoms with Crippen molar-refractivity contribution < 1.29 is 0 Å². The second-order valence-electron chi connectivity index (χ2n) is 8.76. The van der Waals surface area contributed by atoms with E-state index in [1.54, 1.807) is 0 Å². The summed E-state index contributed by atoms with van der Waals surface area (Å²) in [4.78, 5) is 7.09. The van der Waals surface area contributed by atoms with Gasteiger partial charge in [0.2, 0.25) is 0 Å². The van der Waals surface area contributed by atoms with E-state index < -0.39 is 19.8 Å². The Morgan fingerprint density at radius 2 is 0.720 bits per heavy atom. The summed E-state index contributed by atoms with van der Waals surface area (Å²) >= 11 is -0.543. The molecule has 0 heterocycles. The van der Waals surface area contributed by atoms with E-state index >= 15 is 0 Å². The molecule has 0 atom stereocenters. The van der Waals surface area contributed by atoms with Gasteiger partial charge in [-0.1, -0.05) is 129 Å². The SMILES string of the molecule is CCCCCCCCCCCCCCCCCC[Si](C)C.[CH3][Sn]([CH3])[CH3]. The van der Waals surface area contributed by atoms with Gasteiger partial charge in [-0.05, 0) is 0 Å². The van der Waals surface area contributed by atoms with Crippen LogP contribution in [-0.4, -0.2) is 28.6 Å². The van der Waals surface area contributed by atoms with E-state index in [1.807, 2.05) is 0 Å². The summed E-state index contributed by atoms with van der Waals surface area (Å²) in [6.45, 7) is 7.18. The van der Waals surface area contributed by atoms with Gasteiger partial charge in [0, 0.05) is 8.80 Å². The van der Waals surface area contributed by atoms with Crippen LogP contribution in [0.15, 0.2) is 0 Å². The zero-order valence-electron chi connectivity index (χ0n) is 19.0. The zero-order valence-corrected chi connectivity index (χ0v) is 22.9. The van der Waals surface area contributed by atoms with Gasteiger partial charge in [-0.15, -0.1) is 0 Å². The van der Waals surface area contributed by atoms with E-state index in [9.17, 15) is 0 Å². The standard InChI is InChI=1S/C20H43Si.3CH3.Sn/c1-4-5-6-7-8-9-10-11-12-13-14-15-16-17-18-19-20-21(2)3;;;;/h4-20H2,1-3H3;3*1H3;. The molecule has 0 saturated heterocycles. The van der Waals surface area contributed by atoms with Crippen molar-refractivity contribution in [3.05, 3.63) is 0 Å². The fourth-order valence-electron chi connectivity index (χ4n) is 3.03. The molecule has 0 fully saturated rings. The Kier molecular flexibility index (Phi) is 28.2. The van der Waals surface area contributed by atoms with Crippen molar-refractivity contribution in [2.24, 2.45) is 0 Å². The Hall–Kier alpha value is 1.02. The first-order valence-corrected chi connectivity index (χ1v) is 22.8. The van der Waals surface area contributed by atoms with Gasteiger partial charge in [-0.3, -0.25) is 0 Å². The molecule has 0 aliphatic rings. The summed E-state index contributed by atoms with van der Waals surface area (Å²) in [7, 11) is 0.0467. The molecular weight excluding hydrogens is 423 g/mol. The summed E-state index contributed by atoms with van der Waals surface area (Å²) < 4.78 is 0. The molecule has 0 nitrogen and oxygen atoms in total. The molecule has 0 aromatic heterocycles. The monoisotopic (exact) mass is 476 g/mol. The predicted molar refractivity (Wildman–Crippen MR) is 125 cm³/mol. The molecule has 0 N–H and O–H groups in total. The van der Waals surface area contributed by atoms with Crippen LogP contribution in [-0.2, 0) is 0 Å². The van der Waals surface area contributed by atoms with Crippen molar-refractivity contribution in [2.45, 2.75) is 144 Å². The number of rotatable bonds is 17. The van der Waals surface area contributed by atoms with E-state index in [2.05, 4.69) is 34.8 Å². The summed E-state index contributed by atoms with van der Waals surface area (Å²) in [5.41, 5.74) is 0. The molecule has 25 heavy (non-hydrogen) atoms. The quantitative estimate of drug-likeness (QED) is 0.145. The van der Waals surface area contributed by atoms with Gasteiger partial charge in [0.05, 0.1) is 0 Å². The van der Waals surface area contributed by atoms with Crippen molar-refractivity contribution in [3.8, 4) is 0 Å². The summed E-state index contributed by atoms with van der Waals surface area (Å²) in [5.74, 6) is 0. The molecule has 0 aromatic carbocycles. The number of unbranched alkanes of at least 4 members (excludes halogenated alkanes) is 15. The van der Waals surface area contributed by atoms with Crippen molar-refractivity contribution >= 4 is 28.6 Å². The molecule has 0 amide bonds. The van der Waals surface area contributed by atoms with Crippen LogP contribution in [0.3, 0.4) is 0 Å². The van der Waals surface area contributed by atoms with Crippen LogP contribution in [0.4, 0.5) is 0 Å². The van der Waals surface area contributed by atoms with E-state index in [0.29, 0.717) is 0 Å². The van der Waals surface area contributed by atoms with Gasteiger partial charge < -0.3 is 0 Å². The van der Waals surface area contributed by atoms with Crippen LogP contribution in [0.25, 0.3) is 0 Å². The topological polar surface area (TPSA) is 0 Å². The van der Waals surface area contributed by atoms with Crippen molar-refractivity contribution in [1.82, 2.24) is 0 Å². The van der Waals surface area contributed by atoms with Gasteiger partial charge in [0.25, 0.3) is 0 Å². The molecule has 0 rings (SSSR count). The summed E-state index contributed by atoms with van der Waals surface area (Å²) in [6, 6.07) is 1.53. The van der Waals surface area contributed by atoms with Crippen LogP contribution >= 0.6 is 0 Å². The Morgan fingerprint density at radius 1 is 0.480 bits per heavy atom. The molecule has 0 saturated carbocycles. The Labute approximate surface area is 171 Å². The second-order valence-corrected chi connectivity index (χ2v) is 20.2. The van der Waals surface area contributed by atoms with Gasteiger partial charge in [0.1, 0.15) is 0 Å². The van der Waals surface area contributed by atoms with Crippen molar-refractivity contribution in [1.29, 1.82) is 0 Å². The van der Waals surface area contributed by atoms with E-state index in [0.717, 1.165) is 0 Å². The second kappa shape index (κ2) is 25.0. The maximum absolute atomic E-state index is 2.44. The van der Waals surface area contributed by atoms with Gasteiger partial charge in [-0.25, -0.2) is 0 Å². The molecule has 152 valence electrons. The first-order valence-electron chi connectivity index (χ1n) is 11.6. The summed E-state index contributed by atoms with van der Waals surface area (Å²) in [6.07, 6.45) is 23.7. The number of hydrogen-bond donors (Lipinski definition) is 0. The average molecular weight is 475 g/mol. The molecule has 0 unspecified atom stereocenters. The van der Waals surface area contributed by atoms with Crippen LogP contribution in [0.5, 0.6) is 0 Å². The molecule has 0 aromatic rings. The van der Waals surface area contributed by atoms with Crippen LogP contribution < -0.4 is 0 Å². The minimum atomic E-state index is -0.543. The van der Waals surface area contributed by atoms with E-state index in [-0.39, 0.29) is 8.80 Å². The first kappa shape index (κ1) is 28.2. The third kappa shape index (κ3) is 36.6. The van der Waals surface area contributed by atoms with Crippen LogP contribution in [0.1, 0.15) is 110 Å². The molecule has 2 heteroatoms. The van der Waals surface area contributed by atoms with E-state index in [4.69, 9.17) is 0 Å². The number of hydrogen-bond acceptors (Lipinski definition) is 0. The fraction of sp³-hybridized carbons (Fsp3) is 1.00.